The van der Waals surface area contributed by atoms with Crippen LogP contribution >= 0.6 is 23.5 Å². The lowest BCUT2D eigenvalue weighted by atomic mass is 10.2. The predicted octanol–water partition coefficient (Wildman–Crippen LogP) is 2.05. The van der Waals surface area contributed by atoms with Crippen molar-refractivity contribution in [3.63, 3.8) is 0 Å². The van der Waals surface area contributed by atoms with Crippen molar-refractivity contribution < 1.29 is 14.7 Å². The topological polar surface area (TPSA) is 78.8 Å². The van der Waals surface area contributed by atoms with Crippen molar-refractivity contribution in [3.05, 3.63) is 34.7 Å². The zero-order valence-electron chi connectivity index (χ0n) is 10.6. The number of carboxylic acids is 1. The van der Waals surface area contributed by atoms with Gasteiger partial charge in [0.15, 0.2) is 5.17 Å². The number of nitrogens with one attached hydrogen (secondary N) is 1. The summed E-state index contributed by atoms with van der Waals surface area (Å²) >= 11 is 2.80. The summed E-state index contributed by atoms with van der Waals surface area (Å²) in [6.45, 7) is -0.349. The van der Waals surface area contributed by atoms with E-state index in [4.69, 9.17) is 5.11 Å². The number of thioether (sulfide) groups is 2. The molecule has 7 heteroatoms. The molecule has 1 aromatic rings. The molecule has 0 aromatic heterocycles. The second-order valence-corrected chi connectivity index (χ2v) is 5.76. The molecule has 0 saturated carbocycles. The van der Waals surface area contributed by atoms with Crippen molar-refractivity contribution in [3.8, 4) is 0 Å². The number of benzene rings is 1. The number of hydrogen-bond acceptors (Lipinski definition) is 5. The first-order valence-electron chi connectivity index (χ1n) is 5.69. The van der Waals surface area contributed by atoms with Gasteiger partial charge in [-0.2, -0.15) is 0 Å². The van der Waals surface area contributed by atoms with Gasteiger partial charge in [-0.25, -0.2) is 0 Å². The van der Waals surface area contributed by atoms with Crippen LogP contribution in [0.15, 0.2) is 39.1 Å². The van der Waals surface area contributed by atoms with E-state index in [9.17, 15) is 9.59 Å². The minimum Gasteiger partial charge on any atom is -0.480 e. The minimum absolute atomic E-state index is 0.256. The fraction of sp³-hybridized carbons (Fsp3) is 0.154. The third-order valence-corrected chi connectivity index (χ3v) is 4.11. The Labute approximate surface area is 124 Å². The molecule has 1 aromatic carbocycles. The Bertz CT molecular complexity index is 594. The average molecular weight is 308 g/mol. The molecule has 5 nitrogen and oxygen atoms in total. The van der Waals surface area contributed by atoms with Crippen molar-refractivity contribution >= 4 is 46.6 Å². The van der Waals surface area contributed by atoms with Crippen molar-refractivity contribution in [2.75, 3.05) is 12.8 Å². The van der Waals surface area contributed by atoms with Gasteiger partial charge in [0.25, 0.3) is 5.91 Å². The van der Waals surface area contributed by atoms with Gasteiger partial charge < -0.3 is 10.4 Å². The van der Waals surface area contributed by atoms with E-state index in [1.165, 1.54) is 0 Å². The lowest BCUT2D eigenvalue weighted by molar-refractivity contribution is -0.135. The second-order valence-electron chi connectivity index (χ2n) is 3.85. The minimum atomic E-state index is -1.03. The first-order valence-corrected chi connectivity index (χ1v) is 7.74. The fourth-order valence-corrected chi connectivity index (χ4v) is 2.72. The van der Waals surface area contributed by atoms with E-state index in [0.29, 0.717) is 10.1 Å². The van der Waals surface area contributed by atoms with Crippen LogP contribution in [-0.2, 0) is 9.59 Å². The smallest absolute Gasteiger partial charge is 0.325 e. The molecule has 0 aliphatic carbocycles. The van der Waals surface area contributed by atoms with E-state index in [1.807, 2.05) is 30.5 Å². The van der Waals surface area contributed by atoms with Crippen LogP contribution in [-0.4, -0.2) is 35.0 Å². The summed E-state index contributed by atoms with van der Waals surface area (Å²) in [7, 11) is 0. The number of aliphatic carboxylic acids is 1. The number of carbonyl (C=O) groups excluding carboxylic acids is 1. The van der Waals surface area contributed by atoms with Crippen LogP contribution in [0, 0.1) is 0 Å². The van der Waals surface area contributed by atoms with E-state index >= 15 is 0 Å². The van der Waals surface area contributed by atoms with Crippen LogP contribution in [0.1, 0.15) is 5.56 Å². The van der Waals surface area contributed by atoms with Crippen LogP contribution in [0.4, 0.5) is 0 Å². The maximum Gasteiger partial charge on any atom is 0.325 e. The van der Waals surface area contributed by atoms with Gasteiger partial charge in [0.05, 0.1) is 4.91 Å². The second kappa shape index (κ2) is 6.62. The zero-order chi connectivity index (χ0) is 14.5. The Hall–Kier alpha value is -1.73. The highest BCUT2D eigenvalue weighted by molar-refractivity contribution is 8.18. The van der Waals surface area contributed by atoms with E-state index in [2.05, 4.69) is 10.3 Å². The monoisotopic (exact) mass is 308 g/mol. The number of amides is 1. The van der Waals surface area contributed by atoms with Gasteiger partial charge in [0.2, 0.25) is 0 Å². The first kappa shape index (κ1) is 14.7. The van der Waals surface area contributed by atoms with E-state index in [-0.39, 0.29) is 12.5 Å². The molecular weight excluding hydrogens is 296 g/mol. The van der Waals surface area contributed by atoms with Crippen molar-refractivity contribution in [1.82, 2.24) is 5.32 Å². The van der Waals surface area contributed by atoms with Gasteiger partial charge in [-0.3, -0.25) is 14.6 Å². The standard InChI is InChI=1S/C13H12N2O3S2/c1-19-9-4-2-8(3-5-9)6-10-12(18)15-13(20-10)14-7-11(16)17/h2-6H,7H2,1H3,(H,16,17)(H,14,15,18). The summed E-state index contributed by atoms with van der Waals surface area (Å²) in [6, 6.07) is 7.82. The summed E-state index contributed by atoms with van der Waals surface area (Å²) in [4.78, 5) is 27.6. The van der Waals surface area contributed by atoms with Crippen LogP contribution in [0.3, 0.4) is 0 Å². The van der Waals surface area contributed by atoms with Gasteiger partial charge in [0, 0.05) is 4.90 Å². The molecule has 1 heterocycles. The molecule has 1 fully saturated rings. The highest BCUT2D eigenvalue weighted by atomic mass is 32.2. The SMILES string of the molecule is CSc1ccc(C=C2SC(=NCC(=O)O)NC2=O)cc1. The maximum atomic E-state index is 11.7. The number of aliphatic imine (C=N–C) groups is 1. The van der Waals surface area contributed by atoms with Gasteiger partial charge in [-0.05, 0) is 41.8 Å². The van der Waals surface area contributed by atoms with E-state index < -0.39 is 5.97 Å². The molecule has 0 atom stereocenters. The molecule has 1 aliphatic heterocycles. The number of nitrogens with zero attached hydrogens (tertiary/aromatic N) is 1. The number of carboxylic acid groups (broad SMARTS) is 1. The van der Waals surface area contributed by atoms with Crippen molar-refractivity contribution in [2.24, 2.45) is 4.99 Å². The quantitative estimate of drug-likeness (QED) is 0.657. The number of hydrogen-bond donors (Lipinski definition) is 2. The van der Waals surface area contributed by atoms with Crippen molar-refractivity contribution in [1.29, 1.82) is 0 Å². The molecular formula is C13H12N2O3S2. The number of amidine groups is 1. The third-order valence-electron chi connectivity index (χ3n) is 2.42. The molecule has 1 saturated heterocycles. The molecule has 104 valence electrons. The van der Waals surface area contributed by atoms with E-state index in [1.54, 1.807) is 17.8 Å². The van der Waals surface area contributed by atoms with Gasteiger partial charge in [-0.1, -0.05) is 12.1 Å². The van der Waals surface area contributed by atoms with Crippen molar-refractivity contribution in [2.45, 2.75) is 4.90 Å². The largest absolute Gasteiger partial charge is 0.480 e. The first-order chi connectivity index (χ1) is 9.58. The highest BCUT2D eigenvalue weighted by Crippen LogP contribution is 2.26. The Balaban J connectivity index is 2.12. The van der Waals surface area contributed by atoms with Crippen LogP contribution in [0.2, 0.25) is 0 Å². The molecule has 2 rings (SSSR count). The zero-order valence-corrected chi connectivity index (χ0v) is 12.3. The molecule has 0 spiro atoms. The molecule has 2 N–H and O–H groups in total. The van der Waals surface area contributed by atoms with Crippen LogP contribution in [0.25, 0.3) is 6.08 Å². The Morgan fingerprint density at radius 1 is 1.45 bits per heavy atom. The molecule has 0 radical (unpaired) electrons. The predicted molar refractivity (Wildman–Crippen MR) is 81.9 cm³/mol. The molecule has 0 bridgehead atoms. The Kier molecular flexibility index (Phi) is 4.86. The van der Waals surface area contributed by atoms with E-state index in [0.717, 1.165) is 22.2 Å². The van der Waals surface area contributed by atoms with Crippen LogP contribution < -0.4 is 5.32 Å². The van der Waals surface area contributed by atoms with Gasteiger partial charge in [0.1, 0.15) is 6.54 Å². The third kappa shape index (κ3) is 3.88. The van der Waals surface area contributed by atoms with Gasteiger partial charge >= 0.3 is 5.97 Å². The summed E-state index contributed by atoms with van der Waals surface area (Å²) in [5.74, 6) is -1.29. The van der Waals surface area contributed by atoms with Crippen LogP contribution in [0.5, 0.6) is 0 Å². The Morgan fingerprint density at radius 2 is 2.15 bits per heavy atom. The molecule has 20 heavy (non-hydrogen) atoms. The molecule has 1 amide bonds. The summed E-state index contributed by atoms with van der Waals surface area (Å²) in [6.07, 6.45) is 3.76. The number of carbonyl (C=O) groups is 2. The lowest BCUT2D eigenvalue weighted by Gasteiger charge is -1.97. The lowest BCUT2D eigenvalue weighted by Crippen LogP contribution is -2.20. The normalized spacial score (nSPS) is 18.6. The van der Waals surface area contributed by atoms with Gasteiger partial charge in [-0.15, -0.1) is 11.8 Å². The maximum absolute atomic E-state index is 11.7. The Morgan fingerprint density at radius 3 is 2.75 bits per heavy atom. The highest BCUT2D eigenvalue weighted by Gasteiger charge is 2.23. The fourth-order valence-electron chi connectivity index (χ4n) is 1.49. The molecule has 0 unspecified atom stereocenters. The summed E-state index contributed by atoms with van der Waals surface area (Å²) < 4.78 is 0. The number of rotatable bonds is 4. The summed E-state index contributed by atoms with van der Waals surface area (Å²) in [5.41, 5.74) is 0.917. The molecule has 1 aliphatic rings. The average Bonchev–Trinajstić information content (AvgIpc) is 2.78. The summed E-state index contributed by atoms with van der Waals surface area (Å²) in [5, 5.41) is 11.4.